The number of carbonyl (C=O) groups is 1. The first-order chi connectivity index (χ1) is 14.1. The largest absolute Gasteiger partial charge is 0.496 e. The second kappa shape index (κ2) is 8.88. The van der Waals surface area contributed by atoms with E-state index in [-0.39, 0.29) is 5.91 Å². The standard InChI is InChI=1S/C24H29BrN2O2/c1-29-22-8-7-20(17-21(22)25)23(28)27-15-11-24(12-16-27)9-13-26(14-10-24)18-19-5-3-2-4-6-19/h2-8,17H,9-16,18H2,1H3. The summed E-state index contributed by atoms with van der Waals surface area (Å²) in [7, 11) is 1.64. The highest BCUT2D eigenvalue weighted by atomic mass is 79.9. The van der Waals surface area contributed by atoms with E-state index in [1.54, 1.807) is 7.11 Å². The Labute approximate surface area is 182 Å². The molecule has 2 heterocycles. The van der Waals surface area contributed by atoms with Crippen LogP contribution in [0.3, 0.4) is 0 Å². The number of hydrogen-bond acceptors (Lipinski definition) is 3. The SMILES string of the molecule is COc1ccc(C(=O)N2CCC3(CCN(Cc4ccccc4)CC3)CC2)cc1Br. The first-order valence-electron chi connectivity index (χ1n) is 10.5. The molecule has 2 aromatic carbocycles. The van der Waals surface area contributed by atoms with Gasteiger partial charge in [0, 0.05) is 25.2 Å². The molecule has 2 aliphatic heterocycles. The summed E-state index contributed by atoms with van der Waals surface area (Å²) in [6, 6.07) is 16.3. The first-order valence-corrected chi connectivity index (χ1v) is 11.3. The molecule has 0 atom stereocenters. The van der Waals surface area contributed by atoms with Crippen LogP contribution in [-0.4, -0.2) is 49.0 Å². The van der Waals surface area contributed by atoms with Crippen LogP contribution in [0.1, 0.15) is 41.6 Å². The topological polar surface area (TPSA) is 32.8 Å². The van der Waals surface area contributed by atoms with Gasteiger partial charge in [-0.2, -0.15) is 0 Å². The molecule has 0 aliphatic carbocycles. The van der Waals surface area contributed by atoms with E-state index >= 15 is 0 Å². The minimum Gasteiger partial charge on any atom is -0.496 e. The van der Waals surface area contributed by atoms with Gasteiger partial charge in [-0.15, -0.1) is 0 Å². The van der Waals surface area contributed by atoms with Gasteiger partial charge in [-0.25, -0.2) is 0 Å². The van der Waals surface area contributed by atoms with Gasteiger partial charge in [-0.1, -0.05) is 30.3 Å². The summed E-state index contributed by atoms with van der Waals surface area (Å²) in [5, 5.41) is 0. The van der Waals surface area contributed by atoms with E-state index < -0.39 is 0 Å². The number of hydrogen-bond donors (Lipinski definition) is 0. The average molecular weight is 457 g/mol. The zero-order valence-corrected chi connectivity index (χ0v) is 18.7. The van der Waals surface area contributed by atoms with Crippen molar-refractivity contribution >= 4 is 21.8 Å². The van der Waals surface area contributed by atoms with Crippen molar-refractivity contribution in [3.8, 4) is 5.75 Å². The summed E-state index contributed by atoms with van der Waals surface area (Å²) >= 11 is 3.49. The van der Waals surface area contributed by atoms with Crippen LogP contribution in [0.25, 0.3) is 0 Å². The maximum Gasteiger partial charge on any atom is 0.253 e. The van der Waals surface area contributed by atoms with Crippen molar-refractivity contribution in [1.82, 2.24) is 9.80 Å². The molecule has 0 unspecified atom stereocenters. The van der Waals surface area contributed by atoms with Crippen LogP contribution >= 0.6 is 15.9 Å². The molecular weight excluding hydrogens is 428 g/mol. The average Bonchev–Trinajstić information content (AvgIpc) is 2.76. The molecule has 0 N–H and O–H groups in total. The lowest BCUT2D eigenvalue weighted by Crippen LogP contribution is -2.48. The Balaban J connectivity index is 1.30. The smallest absolute Gasteiger partial charge is 0.253 e. The van der Waals surface area contributed by atoms with Crippen molar-refractivity contribution in [2.24, 2.45) is 5.41 Å². The van der Waals surface area contributed by atoms with Gasteiger partial charge in [0.25, 0.3) is 5.91 Å². The third-order valence-electron chi connectivity index (χ3n) is 6.68. The molecule has 0 saturated carbocycles. The van der Waals surface area contributed by atoms with E-state index in [0.29, 0.717) is 5.41 Å². The quantitative estimate of drug-likeness (QED) is 0.650. The van der Waals surface area contributed by atoms with E-state index in [4.69, 9.17) is 4.74 Å². The molecule has 4 rings (SSSR count). The molecule has 2 aliphatic rings. The first kappa shape index (κ1) is 20.4. The van der Waals surface area contributed by atoms with Gasteiger partial charge in [0.15, 0.2) is 0 Å². The monoisotopic (exact) mass is 456 g/mol. The summed E-state index contributed by atoms with van der Waals surface area (Å²) < 4.78 is 6.09. The Kier molecular flexibility index (Phi) is 6.26. The number of ether oxygens (including phenoxy) is 1. The minimum atomic E-state index is 0.129. The number of nitrogens with zero attached hydrogens (tertiary/aromatic N) is 2. The second-order valence-electron chi connectivity index (χ2n) is 8.40. The fourth-order valence-corrected chi connectivity index (χ4v) is 5.23. The van der Waals surface area contributed by atoms with Crippen LogP contribution in [-0.2, 0) is 6.54 Å². The Morgan fingerprint density at radius 2 is 1.66 bits per heavy atom. The normalized spacial score (nSPS) is 19.3. The molecule has 2 aromatic rings. The van der Waals surface area contributed by atoms with Crippen LogP contribution < -0.4 is 4.74 Å². The number of piperidine rings is 2. The van der Waals surface area contributed by atoms with Crippen LogP contribution in [0.2, 0.25) is 0 Å². The fourth-order valence-electron chi connectivity index (χ4n) is 4.69. The van der Waals surface area contributed by atoms with E-state index in [9.17, 15) is 4.79 Å². The van der Waals surface area contributed by atoms with Gasteiger partial charge in [-0.05, 0) is 83.9 Å². The summed E-state index contributed by atoms with van der Waals surface area (Å²) in [5.74, 6) is 0.881. The van der Waals surface area contributed by atoms with Crippen LogP contribution in [0.5, 0.6) is 5.75 Å². The van der Waals surface area contributed by atoms with Crippen molar-refractivity contribution in [1.29, 1.82) is 0 Å². The van der Waals surface area contributed by atoms with Gasteiger partial charge in [0.2, 0.25) is 0 Å². The molecule has 154 valence electrons. The van der Waals surface area contributed by atoms with Crippen LogP contribution in [0.4, 0.5) is 0 Å². The molecule has 0 aromatic heterocycles. The van der Waals surface area contributed by atoms with Crippen molar-refractivity contribution < 1.29 is 9.53 Å². The molecule has 2 fully saturated rings. The lowest BCUT2D eigenvalue weighted by Gasteiger charge is -2.47. The van der Waals surface area contributed by atoms with Gasteiger partial charge >= 0.3 is 0 Å². The van der Waals surface area contributed by atoms with E-state index in [2.05, 4.69) is 51.2 Å². The lowest BCUT2D eigenvalue weighted by molar-refractivity contribution is 0.0285. The second-order valence-corrected chi connectivity index (χ2v) is 9.26. The van der Waals surface area contributed by atoms with E-state index in [1.807, 2.05) is 23.1 Å². The summed E-state index contributed by atoms with van der Waals surface area (Å²) in [4.78, 5) is 17.5. The zero-order valence-electron chi connectivity index (χ0n) is 17.1. The highest BCUT2D eigenvalue weighted by Gasteiger charge is 2.38. The van der Waals surface area contributed by atoms with E-state index in [1.165, 1.54) is 18.4 Å². The number of amides is 1. The molecule has 29 heavy (non-hydrogen) atoms. The maximum atomic E-state index is 12.9. The maximum absolute atomic E-state index is 12.9. The Hall–Kier alpha value is -1.85. The van der Waals surface area contributed by atoms with Crippen molar-refractivity contribution in [3.05, 3.63) is 64.1 Å². The van der Waals surface area contributed by atoms with Gasteiger partial charge in [-0.3, -0.25) is 9.69 Å². The Morgan fingerprint density at radius 1 is 1.00 bits per heavy atom. The Morgan fingerprint density at radius 3 is 2.28 bits per heavy atom. The molecule has 0 bridgehead atoms. The number of methoxy groups -OCH3 is 1. The fraction of sp³-hybridized carbons (Fsp3) is 0.458. The molecule has 5 heteroatoms. The number of halogens is 1. The van der Waals surface area contributed by atoms with E-state index in [0.717, 1.165) is 61.4 Å². The van der Waals surface area contributed by atoms with Crippen molar-refractivity contribution in [2.75, 3.05) is 33.3 Å². The lowest BCUT2D eigenvalue weighted by atomic mass is 9.71. The number of likely N-dealkylation sites (tertiary alicyclic amines) is 2. The van der Waals surface area contributed by atoms with Crippen LogP contribution in [0, 0.1) is 5.41 Å². The number of carbonyl (C=O) groups excluding carboxylic acids is 1. The van der Waals surface area contributed by atoms with Gasteiger partial charge in [0.05, 0.1) is 11.6 Å². The third-order valence-corrected chi connectivity index (χ3v) is 7.30. The molecule has 4 nitrogen and oxygen atoms in total. The highest BCUT2D eigenvalue weighted by molar-refractivity contribution is 9.10. The minimum absolute atomic E-state index is 0.129. The zero-order chi connectivity index (χ0) is 20.3. The van der Waals surface area contributed by atoms with Gasteiger partial charge < -0.3 is 9.64 Å². The van der Waals surface area contributed by atoms with Gasteiger partial charge in [0.1, 0.15) is 5.75 Å². The molecular formula is C24H29BrN2O2. The van der Waals surface area contributed by atoms with Crippen molar-refractivity contribution in [2.45, 2.75) is 32.2 Å². The summed E-state index contributed by atoms with van der Waals surface area (Å²) in [6.07, 6.45) is 4.73. The number of rotatable bonds is 4. The highest BCUT2D eigenvalue weighted by Crippen LogP contribution is 2.41. The predicted octanol–water partition coefficient (Wildman–Crippen LogP) is 4.98. The van der Waals surface area contributed by atoms with Crippen molar-refractivity contribution in [3.63, 3.8) is 0 Å². The summed E-state index contributed by atoms with van der Waals surface area (Å²) in [6.45, 7) is 5.10. The molecule has 1 amide bonds. The predicted molar refractivity (Wildman–Crippen MR) is 119 cm³/mol. The van der Waals surface area contributed by atoms with Crippen LogP contribution in [0.15, 0.2) is 53.0 Å². The molecule has 0 radical (unpaired) electrons. The third kappa shape index (κ3) is 4.67. The molecule has 2 saturated heterocycles. The number of benzene rings is 2. The Bertz CT molecular complexity index is 837. The molecule has 1 spiro atoms. The summed E-state index contributed by atoms with van der Waals surface area (Å²) in [5.41, 5.74) is 2.55.